The van der Waals surface area contributed by atoms with Crippen molar-refractivity contribution in [2.24, 2.45) is 23.7 Å². The van der Waals surface area contributed by atoms with Gasteiger partial charge in [-0.3, -0.25) is 0 Å². The molecule has 0 heterocycles. The van der Waals surface area contributed by atoms with Gasteiger partial charge in [-0.1, -0.05) is 20.8 Å². The van der Waals surface area contributed by atoms with Crippen molar-refractivity contribution >= 4 is 0 Å². The molecule has 1 fully saturated rings. The van der Waals surface area contributed by atoms with E-state index in [9.17, 15) is 0 Å². The molecule has 1 rings (SSSR count). The summed E-state index contributed by atoms with van der Waals surface area (Å²) in [5.41, 5.74) is 0. The Morgan fingerprint density at radius 3 is 2.00 bits per heavy atom. The van der Waals surface area contributed by atoms with E-state index in [1.807, 2.05) is 0 Å². The van der Waals surface area contributed by atoms with Crippen LogP contribution in [0.1, 0.15) is 27.2 Å². The fourth-order valence-corrected chi connectivity index (χ4v) is 2.10. The van der Waals surface area contributed by atoms with Crippen LogP contribution in [0.2, 0.25) is 0 Å². The summed E-state index contributed by atoms with van der Waals surface area (Å²) in [4.78, 5) is 0. The first-order chi connectivity index (χ1) is 4.66. The molecule has 0 spiro atoms. The van der Waals surface area contributed by atoms with Crippen LogP contribution in [0.4, 0.5) is 0 Å². The third kappa shape index (κ3) is 1.20. The second-order valence-electron chi connectivity index (χ2n) is 3.87. The van der Waals surface area contributed by atoms with E-state index in [4.69, 9.17) is 5.11 Å². The van der Waals surface area contributed by atoms with Gasteiger partial charge in [0, 0.05) is 6.61 Å². The van der Waals surface area contributed by atoms with Gasteiger partial charge in [-0.2, -0.15) is 0 Å². The molecule has 1 N–H and O–H groups in total. The van der Waals surface area contributed by atoms with Gasteiger partial charge in [-0.15, -0.1) is 0 Å². The lowest BCUT2D eigenvalue weighted by atomic mass is 9.91. The number of aliphatic hydroxyl groups is 1. The van der Waals surface area contributed by atoms with Gasteiger partial charge in [0.15, 0.2) is 0 Å². The minimum atomic E-state index is 0.385. The topological polar surface area (TPSA) is 20.2 Å². The molecule has 1 nitrogen and oxygen atoms in total. The molecule has 0 aliphatic heterocycles. The van der Waals surface area contributed by atoms with Crippen LogP contribution in [0.5, 0.6) is 0 Å². The van der Waals surface area contributed by atoms with Gasteiger partial charge < -0.3 is 5.11 Å². The minimum Gasteiger partial charge on any atom is -0.396 e. The van der Waals surface area contributed by atoms with Crippen LogP contribution in [0, 0.1) is 23.7 Å². The van der Waals surface area contributed by atoms with E-state index in [-0.39, 0.29) is 0 Å². The second-order valence-corrected chi connectivity index (χ2v) is 3.87. The number of aliphatic hydroxyl groups excluding tert-OH is 1. The molecule has 0 bridgehead atoms. The maximum absolute atomic E-state index is 8.97. The van der Waals surface area contributed by atoms with Crippen molar-refractivity contribution in [3.05, 3.63) is 0 Å². The first-order valence-corrected chi connectivity index (χ1v) is 4.27. The molecule has 1 aliphatic carbocycles. The molecule has 60 valence electrons. The molecule has 0 saturated heterocycles. The Kier molecular flexibility index (Phi) is 2.35. The monoisotopic (exact) mass is 142 g/mol. The fourth-order valence-electron chi connectivity index (χ4n) is 2.10. The average Bonchev–Trinajstić information content (AvgIpc) is 2.17. The lowest BCUT2D eigenvalue weighted by Crippen LogP contribution is -2.12. The van der Waals surface area contributed by atoms with E-state index in [0.29, 0.717) is 12.5 Å². The van der Waals surface area contributed by atoms with E-state index in [1.165, 1.54) is 6.42 Å². The van der Waals surface area contributed by atoms with E-state index in [0.717, 1.165) is 17.8 Å². The summed E-state index contributed by atoms with van der Waals surface area (Å²) >= 11 is 0. The Morgan fingerprint density at radius 2 is 1.80 bits per heavy atom. The van der Waals surface area contributed by atoms with E-state index in [2.05, 4.69) is 20.8 Å². The summed E-state index contributed by atoms with van der Waals surface area (Å²) in [5.74, 6) is 2.91. The Balaban J connectivity index is 2.53. The summed E-state index contributed by atoms with van der Waals surface area (Å²) in [6.45, 7) is 7.23. The zero-order valence-corrected chi connectivity index (χ0v) is 7.17. The van der Waals surface area contributed by atoms with Crippen LogP contribution in [-0.4, -0.2) is 11.7 Å². The van der Waals surface area contributed by atoms with Crippen molar-refractivity contribution in [2.45, 2.75) is 27.2 Å². The second kappa shape index (κ2) is 2.91. The summed E-state index contributed by atoms with van der Waals surface area (Å²) in [5, 5.41) is 8.97. The van der Waals surface area contributed by atoms with Gasteiger partial charge >= 0.3 is 0 Å². The predicted octanol–water partition coefficient (Wildman–Crippen LogP) is 1.91. The van der Waals surface area contributed by atoms with E-state index >= 15 is 0 Å². The fraction of sp³-hybridized carbons (Fsp3) is 1.00. The van der Waals surface area contributed by atoms with Crippen molar-refractivity contribution in [1.29, 1.82) is 0 Å². The third-order valence-electron chi connectivity index (χ3n) is 3.38. The van der Waals surface area contributed by atoms with Crippen molar-refractivity contribution in [3.8, 4) is 0 Å². The minimum absolute atomic E-state index is 0.385. The van der Waals surface area contributed by atoms with Crippen LogP contribution in [0.3, 0.4) is 0 Å². The zero-order valence-electron chi connectivity index (χ0n) is 7.17. The Morgan fingerprint density at radius 1 is 1.20 bits per heavy atom. The molecule has 1 heteroatoms. The van der Waals surface area contributed by atoms with Gasteiger partial charge in [0.25, 0.3) is 0 Å². The predicted molar refractivity (Wildman–Crippen MR) is 42.7 cm³/mol. The number of rotatable bonds is 1. The summed E-state index contributed by atoms with van der Waals surface area (Å²) in [6, 6.07) is 0. The van der Waals surface area contributed by atoms with E-state index < -0.39 is 0 Å². The van der Waals surface area contributed by atoms with Crippen LogP contribution in [-0.2, 0) is 0 Å². The third-order valence-corrected chi connectivity index (χ3v) is 3.38. The molecule has 10 heavy (non-hydrogen) atoms. The molecule has 0 aromatic rings. The van der Waals surface area contributed by atoms with Crippen molar-refractivity contribution in [2.75, 3.05) is 6.61 Å². The maximum atomic E-state index is 8.97. The van der Waals surface area contributed by atoms with Gasteiger partial charge in [-0.25, -0.2) is 0 Å². The molecule has 0 aromatic carbocycles. The van der Waals surface area contributed by atoms with E-state index in [1.54, 1.807) is 0 Å². The lowest BCUT2D eigenvalue weighted by molar-refractivity contribution is 0.191. The summed E-state index contributed by atoms with van der Waals surface area (Å²) < 4.78 is 0. The Bertz CT molecular complexity index is 111. The van der Waals surface area contributed by atoms with Gasteiger partial charge in [-0.05, 0) is 30.1 Å². The van der Waals surface area contributed by atoms with Crippen LogP contribution >= 0.6 is 0 Å². The highest BCUT2D eigenvalue weighted by Crippen LogP contribution is 2.40. The number of hydrogen-bond donors (Lipinski definition) is 1. The molecule has 1 aliphatic rings. The van der Waals surface area contributed by atoms with Crippen molar-refractivity contribution in [3.63, 3.8) is 0 Å². The Labute approximate surface area is 63.4 Å². The normalized spacial score (nSPS) is 48.0. The molecule has 4 atom stereocenters. The van der Waals surface area contributed by atoms with Crippen molar-refractivity contribution < 1.29 is 5.11 Å². The van der Waals surface area contributed by atoms with Crippen LogP contribution < -0.4 is 0 Å². The average molecular weight is 142 g/mol. The largest absolute Gasteiger partial charge is 0.396 e. The van der Waals surface area contributed by atoms with Crippen LogP contribution in [0.25, 0.3) is 0 Å². The summed E-state index contributed by atoms with van der Waals surface area (Å²) in [6.07, 6.45) is 1.22. The van der Waals surface area contributed by atoms with Gasteiger partial charge in [0.2, 0.25) is 0 Å². The van der Waals surface area contributed by atoms with Crippen LogP contribution in [0.15, 0.2) is 0 Å². The first-order valence-electron chi connectivity index (χ1n) is 4.27. The summed E-state index contributed by atoms with van der Waals surface area (Å²) in [7, 11) is 0. The first kappa shape index (κ1) is 8.06. The SMILES string of the molecule is CC1CC(CO)C(C)C1C. The molecule has 0 amide bonds. The highest BCUT2D eigenvalue weighted by molar-refractivity contribution is 4.83. The highest BCUT2D eigenvalue weighted by atomic mass is 16.3. The molecule has 4 unspecified atom stereocenters. The highest BCUT2D eigenvalue weighted by Gasteiger charge is 2.34. The molecule has 1 saturated carbocycles. The standard InChI is InChI=1S/C9H18O/c1-6-4-9(5-10)8(3)7(6)2/h6-10H,4-5H2,1-3H3. The lowest BCUT2D eigenvalue weighted by Gasteiger charge is -2.15. The molecular weight excluding hydrogens is 124 g/mol. The quantitative estimate of drug-likeness (QED) is 0.593. The number of hydrogen-bond acceptors (Lipinski definition) is 1. The molecule has 0 aromatic heterocycles. The molecule has 0 radical (unpaired) electrons. The smallest absolute Gasteiger partial charge is 0.0462 e. The van der Waals surface area contributed by atoms with Gasteiger partial charge in [0.05, 0.1) is 0 Å². The molecular formula is C9H18O. The zero-order chi connectivity index (χ0) is 7.72. The Hall–Kier alpha value is -0.0400. The maximum Gasteiger partial charge on any atom is 0.0462 e. The van der Waals surface area contributed by atoms with Gasteiger partial charge in [0.1, 0.15) is 0 Å². The van der Waals surface area contributed by atoms with Crippen molar-refractivity contribution in [1.82, 2.24) is 0 Å².